The number of para-hydroxylation sites is 1. The Morgan fingerprint density at radius 1 is 1.19 bits per heavy atom. The van der Waals surface area contributed by atoms with E-state index in [0.717, 1.165) is 53.3 Å². The highest BCUT2D eigenvalue weighted by Crippen LogP contribution is 2.34. The molecule has 1 saturated heterocycles. The standard InChI is InChI=1S/C22H23ClN4O2S2/c23-15-5-1-2-6-16(15)26-8-10-27(11-9-26)19(28)13-30-12-18-24-21(29)20-14-4-3-7-17(14)31-22(20)25-18/h1-2,5-6H,3-4,7-13H2,(H,24,25,29). The second-order valence-corrected chi connectivity index (χ2v) is 10.3. The molecule has 0 unspecified atom stereocenters. The van der Waals surface area contributed by atoms with Gasteiger partial charge in [-0.2, -0.15) is 0 Å². The summed E-state index contributed by atoms with van der Waals surface area (Å²) in [5.74, 6) is 1.69. The largest absolute Gasteiger partial charge is 0.367 e. The molecule has 1 amide bonds. The molecule has 31 heavy (non-hydrogen) atoms. The molecule has 9 heteroatoms. The van der Waals surface area contributed by atoms with Gasteiger partial charge >= 0.3 is 0 Å². The van der Waals surface area contributed by atoms with Crippen LogP contribution in [0.5, 0.6) is 0 Å². The van der Waals surface area contributed by atoms with Gasteiger partial charge in [-0.1, -0.05) is 23.7 Å². The zero-order valence-electron chi connectivity index (χ0n) is 17.0. The van der Waals surface area contributed by atoms with Gasteiger partial charge in [-0.25, -0.2) is 4.98 Å². The van der Waals surface area contributed by atoms with Gasteiger partial charge in [0.1, 0.15) is 10.7 Å². The maximum Gasteiger partial charge on any atom is 0.259 e. The number of anilines is 1. The zero-order valence-corrected chi connectivity index (χ0v) is 19.4. The summed E-state index contributed by atoms with van der Waals surface area (Å²) >= 11 is 9.44. The van der Waals surface area contributed by atoms with Crippen molar-refractivity contribution in [3.05, 3.63) is 55.9 Å². The number of aromatic nitrogens is 2. The number of thiophene rings is 1. The topological polar surface area (TPSA) is 69.3 Å². The summed E-state index contributed by atoms with van der Waals surface area (Å²) in [6.07, 6.45) is 3.16. The smallest absolute Gasteiger partial charge is 0.259 e. The average Bonchev–Trinajstić information content (AvgIpc) is 3.35. The lowest BCUT2D eigenvalue weighted by Crippen LogP contribution is -2.49. The van der Waals surface area contributed by atoms with Crippen LogP contribution in [0, 0.1) is 0 Å². The number of benzene rings is 1. The second kappa shape index (κ2) is 8.84. The lowest BCUT2D eigenvalue weighted by Gasteiger charge is -2.36. The summed E-state index contributed by atoms with van der Waals surface area (Å²) in [4.78, 5) is 39.1. The monoisotopic (exact) mass is 474 g/mol. The minimum Gasteiger partial charge on any atom is -0.367 e. The first kappa shape index (κ1) is 20.8. The number of thioether (sulfide) groups is 1. The summed E-state index contributed by atoms with van der Waals surface area (Å²) in [5, 5.41) is 1.52. The third-order valence-electron chi connectivity index (χ3n) is 5.91. The predicted molar refractivity (Wildman–Crippen MR) is 129 cm³/mol. The van der Waals surface area contributed by atoms with Crippen LogP contribution >= 0.6 is 34.7 Å². The number of hydrogen-bond acceptors (Lipinski definition) is 6. The van der Waals surface area contributed by atoms with Crippen molar-refractivity contribution < 1.29 is 4.79 Å². The third kappa shape index (κ3) is 4.21. The Morgan fingerprint density at radius 3 is 2.81 bits per heavy atom. The Kier molecular flexibility index (Phi) is 5.95. The Morgan fingerprint density at radius 2 is 2.00 bits per heavy atom. The quantitative estimate of drug-likeness (QED) is 0.610. The van der Waals surface area contributed by atoms with Gasteiger partial charge in [-0.15, -0.1) is 23.1 Å². The number of H-pyrrole nitrogens is 1. The number of carbonyl (C=O) groups excluding carboxylic acids is 1. The Bertz CT molecular complexity index is 1180. The van der Waals surface area contributed by atoms with Crippen LogP contribution in [0.15, 0.2) is 29.1 Å². The summed E-state index contributed by atoms with van der Waals surface area (Å²) in [7, 11) is 0. The van der Waals surface area contributed by atoms with Crippen LogP contribution in [0.25, 0.3) is 10.2 Å². The molecule has 1 fully saturated rings. The Balaban J connectivity index is 1.15. The molecule has 3 aromatic rings. The van der Waals surface area contributed by atoms with Gasteiger partial charge < -0.3 is 14.8 Å². The van der Waals surface area contributed by atoms with Crippen molar-refractivity contribution >= 4 is 56.5 Å². The van der Waals surface area contributed by atoms with Gasteiger partial charge in [-0.05, 0) is 37.0 Å². The van der Waals surface area contributed by atoms with Crippen LogP contribution in [-0.4, -0.2) is 52.7 Å². The number of amides is 1. The number of carbonyl (C=O) groups is 1. The molecule has 0 bridgehead atoms. The molecule has 5 rings (SSSR count). The van der Waals surface area contributed by atoms with Crippen LogP contribution in [0.3, 0.4) is 0 Å². The van der Waals surface area contributed by atoms with Gasteiger partial charge in [0.2, 0.25) is 5.91 Å². The SMILES string of the molecule is O=C(CSCc1nc2sc3c(c2c(=O)[nH]1)CCC3)N1CCN(c2ccccc2Cl)CC1. The van der Waals surface area contributed by atoms with Crippen molar-refractivity contribution in [1.29, 1.82) is 0 Å². The van der Waals surface area contributed by atoms with E-state index in [1.54, 1.807) is 11.3 Å². The van der Waals surface area contributed by atoms with Crippen molar-refractivity contribution in [2.75, 3.05) is 36.8 Å². The van der Waals surface area contributed by atoms with Crippen LogP contribution in [-0.2, 0) is 23.4 Å². The molecule has 0 spiro atoms. The first-order valence-corrected chi connectivity index (χ1v) is 12.8. The van der Waals surface area contributed by atoms with E-state index in [-0.39, 0.29) is 11.5 Å². The number of rotatable bonds is 5. The summed E-state index contributed by atoms with van der Waals surface area (Å²) < 4.78 is 0. The molecule has 1 aliphatic carbocycles. The van der Waals surface area contributed by atoms with E-state index in [4.69, 9.17) is 11.6 Å². The lowest BCUT2D eigenvalue weighted by atomic mass is 10.2. The third-order valence-corrected chi connectivity index (χ3v) is 8.35. The van der Waals surface area contributed by atoms with Gasteiger partial charge in [0.05, 0.1) is 27.6 Å². The van der Waals surface area contributed by atoms with Crippen molar-refractivity contribution in [2.24, 2.45) is 0 Å². The van der Waals surface area contributed by atoms with E-state index in [2.05, 4.69) is 14.9 Å². The van der Waals surface area contributed by atoms with Gasteiger partial charge in [0.25, 0.3) is 5.56 Å². The number of piperazine rings is 1. The van der Waals surface area contributed by atoms with Crippen LogP contribution in [0.4, 0.5) is 5.69 Å². The van der Waals surface area contributed by atoms with Crippen molar-refractivity contribution in [1.82, 2.24) is 14.9 Å². The van der Waals surface area contributed by atoms with Crippen molar-refractivity contribution in [2.45, 2.75) is 25.0 Å². The molecule has 0 saturated carbocycles. The number of nitrogens with one attached hydrogen (secondary N) is 1. The highest BCUT2D eigenvalue weighted by molar-refractivity contribution is 7.99. The number of fused-ring (bicyclic) bond motifs is 3. The minimum absolute atomic E-state index is 0.0398. The normalized spacial score (nSPS) is 16.2. The first-order valence-electron chi connectivity index (χ1n) is 10.5. The van der Waals surface area contributed by atoms with E-state index in [9.17, 15) is 9.59 Å². The minimum atomic E-state index is -0.0398. The second-order valence-electron chi connectivity index (χ2n) is 7.86. The Labute approximate surface area is 193 Å². The molecule has 1 aliphatic heterocycles. The molecule has 1 N–H and O–H groups in total. The van der Waals surface area contributed by atoms with E-state index in [0.29, 0.717) is 30.4 Å². The molecule has 0 radical (unpaired) electrons. The molecule has 0 atom stereocenters. The van der Waals surface area contributed by atoms with Crippen LogP contribution in [0.1, 0.15) is 22.7 Å². The van der Waals surface area contributed by atoms with Crippen LogP contribution < -0.4 is 10.5 Å². The highest BCUT2D eigenvalue weighted by atomic mass is 35.5. The fourth-order valence-corrected chi connectivity index (χ4v) is 6.67. The summed E-state index contributed by atoms with van der Waals surface area (Å²) in [6.45, 7) is 2.92. The molecule has 2 aromatic heterocycles. The van der Waals surface area contributed by atoms with Crippen molar-refractivity contribution in [3.63, 3.8) is 0 Å². The summed E-state index contributed by atoms with van der Waals surface area (Å²) in [5.41, 5.74) is 2.18. The number of hydrogen-bond donors (Lipinski definition) is 1. The Hall–Kier alpha value is -2.03. The van der Waals surface area contributed by atoms with E-state index < -0.39 is 0 Å². The number of nitrogens with zero attached hydrogens (tertiary/aromatic N) is 3. The molecule has 6 nitrogen and oxygen atoms in total. The van der Waals surface area contributed by atoms with Crippen molar-refractivity contribution in [3.8, 4) is 0 Å². The number of halogens is 1. The highest BCUT2D eigenvalue weighted by Gasteiger charge is 2.23. The fraction of sp³-hybridized carbons (Fsp3) is 0.409. The lowest BCUT2D eigenvalue weighted by molar-refractivity contribution is -0.128. The van der Waals surface area contributed by atoms with E-state index >= 15 is 0 Å². The maximum atomic E-state index is 12.6. The average molecular weight is 475 g/mol. The first-order chi connectivity index (χ1) is 15.1. The van der Waals surface area contributed by atoms with Gasteiger partial charge in [0.15, 0.2) is 0 Å². The van der Waals surface area contributed by atoms with Gasteiger partial charge in [0, 0.05) is 31.1 Å². The molecular weight excluding hydrogens is 452 g/mol. The molecule has 162 valence electrons. The molecule has 3 heterocycles. The van der Waals surface area contributed by atoms with Crippen LogP contribution in [0.2, 0.25) is 5.02 Å². The van der Waals surface area contributed by atoms with E-state index in [1.807, 2.05) is 29.2 Å². The van der Waals surface area contributed by atoms with E-state index in [1.165, 1.54) is 22.2 Å². The maximum absolute atomic E-state index is 12.6. The fourth-order valence-electron chi connectivity index (χ4n) is 4.35. The molecular formula is C22H23ClN4O2S2. The number of aryl methyl sites for hydroxylation is 2. The zero-order chi connectivity index (χ0) is 21.4. The molecule has 2 aliphatic rings. The molecule has 1 aromatic carbocycles. The summed E-state index contributed by atoms with van der Waals surface area (Å²) in [6, 6.07) is 7.82. The number of aromatic amines is 1. The predicted octanol–water partition coefficient (Wildman–Crippen LogP) is 3.71. The van der Waals surface area contributed by atoms with Gasteiger partial charge in [-0.3, -0.25) is 9.59 Å².